The van der Waals surface area contributed by atoms with Gasteiger partial charge in [-0.05, 0) is 49.2 Å². The van der Waals surface area contributed by atoms with Gasteiger partial charge in [-0.25, -0.2) is 0 Å². The molecule has 2 aliphatic rings. The molecule has 6 nitrogen and oxygen atoms in total. The number of amides is 1. The number of aryl methyl sites for hydroxylation is 1. The number of fused-ring (bicyclic) bond motifs is 1. The molecule has 0 spiro atoms. The van der Waals surface area contributed by atoms with E-state index in [1.54, 1.807) is 0 Å². The number of carbonyl (C=O) groups is 1. The van der Waals surface area contributed by atoms with Gasteiger partial charge in [0, 0.05) is 57.1 Å². The number of piperazine rings is 1. The number of nitrogens with zero attached hydrogens (tertiary/aromatic N) is 3. The molecule has 1 atom stereocenters. The zero-order chi connectivity index (χ0) is 22.3. The van der Waals surface area contributed by atoms with Crippen LogP contribution in [0, 0.1) is 0 Å². The van der Waals surface area contributed by atoms with Gasteiger partial charge in [0.05, 0.1) is 0 Å². The Morgan fingerprint density at radius 1 is 1.06 bits per heavy atom. The number of anilines is 2. The molecule has 170 valence electrons. The van der Waals surface area contributed by atoms with Crippen molar-refractivity contribution >= 4 is 17.3 Å². The molecule has 2 aliphatic heterocycles. The van der Waals surface area contributed by atoms with Crippen molar-refractivity contribution in [3.8, 4) is 5.75 Å². The molecule has 1 N–H and O–H groups in total. The largest absolute Gasteiger partial charge is 0.491 e. The smallest absolute Gasteiger partial charge is 0.227 e. The zero-order valence-electron chi connectivity index (χ0n) is 18.8. The van der Waals surface area contributed by atoms with Gasteiger partial charge in [0.2, 0.25) is 5.91 Å². The summed E-state index contributed by atoms with van der Waals surface area (Å²) in [6, 6.07) is 16.3. The second-order valence-electron chi connectivity index (χ2n) is 8.45. The molecule has 1 fully saturated rings. The molecule has 0 aromatic heterocycles. The number of allylic oxidation sites excluding steroid dienone is 1. The summed E-state index contributed by atoms with van der Waals surface area (Å²) >= 11 is 0. The highest BCUT2D eigenvalue weighted by Gasteiger charge is 2.24. The van der Waals surface area contributed by atoms with Gasteiger partial charge in [0.15, 0.2) is 0 Å². The van der Waals surface area contributed by atoms with Gasteiger partial charge in [0.1, 0.15) is 18.5 Å². The van der Waals surface area contributed by atoms with E-state index in [0.29, 0.717) is 19.5 Å². The van der Waals surface area contributed by atoms with Gasteiger partial charge in [0.25, 0.3) is 0 Å². The zero-order valence-corrected chi connectivity index (χ0v) is 18.8. The summed E-state index contributed by atoms with van der Waals surface area (Å²) in [4.78, 5) is 18.8. The lowest BCUT2D eigenvalue weighted by Crippen LogP contribution is -2.49. The predicted molar refractivity (Wildman–Crippen MR) is 129 cm³/mol. The van der Waals surface area contributed by atoms with E-state index in [0.717, 1.165) is 49.6 Å². The third kappa shape index (κ3) is 5.50. The number of aliphatic hydroxyl groups excluding tert-OH is 1. The van der Waals surface area contributed by atoms with Crippen molar-refractivity contribution in [1.82, 2.24) is 4.90 Å². The molecule has 2 aromatic carbocycles. The lowest BCUT2D eigenvalue weighted by atomic mass is 10.0. The van der Waals surface area contributed by atoms with Gasteiger partial charge < -0.3 is 19.6 Å². The van der Waals surface area contributed by atoms with Crippen LogP contribution in [0.15, 0.2) is 60.7 Å². The fraction of sp³-hybridized carbons (Fsp3) is 0.423. The van der Waals surface area contributed by atoms with E-state index in [-0.39, 0.29) is 12.5 Å². The summed E-state index contributed by atoms with van der Waals surface area (Å²) in [5, 5.41) is 10.5. The summed E-state index contributed by atoms with van der Waals surface area (Å²) in [6.07, 6.45) is 4.66. The first kappa shape index (κ1) is 22.4. The normalized spacial score (nSPS) is 18.1. The maximum absolute atomic E-state index is 12.3. The molecule has 6 heteroatoms. The fourth-order valence-corrected chi connectivity index (χ4v) is 4.41. The van der Waals surface area contributed by atoms with Crippen LogP contribution in [0.4, 0.5) is 11.4 Å². The summed E-state index contributed by atoms with van der Waals surface area (Å²) in [7, 11) is 0. The van der Waals surface area contributed by atoms with Crippen LogP contribution in [-0.2, 0) is 11.2 Å². The topological polar surface area (TPSA) is 56.3 Å². The molecule has 32 heavy (non-hydrogen) atoms. The number of aliphatic hydroxyl groups is 1. The van der Waals surface area contributed by atoms with Gasteiger partial charge >= 0.3 is 0 Å². The minimum Gasteiger partial charge on any atom is -0.491 e. The maximum Gasteiger partial charge on any atom is 0.227 e. The van der Waals surface area contributed by atoms with Gasteiger partial charge in [-0.3, -0.25) is 9.69 Å². The Morgan fingerprint density at radius 2 is 1.84 bits per heavy atom. The Balaban J connectivity index is 1.26. The van der Waals surface area contributed by atoms with Crippen molar-refractivity contribution in [3.05, 3.63) is 66.2 Å². The quantitative estimate of drug-likeness (QED) is 0.646. The molecule has 2 aromatic rings. The third-order valence-corrected chi connectivity index (χ3v) is 6.18. The Hall–Kier alpha value is -2.83. The molecule has 4 rings (SSSR count). The highest BCUT2D eigenvalue weighted by molar-refractivity contribution is 5.96. The summed E-state index contributed by atoms with van der Waals surface area (Å²) < 4.78 is 5.90. The average Bonchev–Trinajstić information content (AvgIpc) is 2.83. The van der Waals surface area contributed by atoms with Crippen LogP contribution in [0.25, 0.3) is 0 Å². The lowest BCUT2D eigenvalue weighted by molar-refractivity contribution is -0.118. The number of carbonyl (C=O) groups excluding carboxylic acids is 1. The molecule has 1 amide bonds. The second kappa shape index (κ2) is 10.7. The van der Waals surface area contributed by atoms with Crippen molar-refractivity contribution in [3.63, 3.8) is 0 Å². The van der Waals surface area contributed by atoms with E-state index >= 15 is 0 Å². The van der Waals surface area contributed by atoms with Crippen molar-refractivity contribution in [1.29, 1.82) is 0 Å². The Morgan fingerprint density at radius 3 is 2.59 bits per heavy atom. The first-order valence-electron chi connectivity index (χ1n) is 11.5. The Kier molecular flexibility index (Phi) is 7.45. The second-order valence-corrected chi connectivity index (χ2v) is 8.45. The van der Waals surface area contributed by atoms with Crippen LogP contribution in [0.1, 0.15) is 18.9 Å². The molecule has 2 heterocycles. The van der Waals surface area contributed by atoms with E-state index in [1.165, 1.54) is 5.69 Å². The fourth-order valence-electron chi connectivity index (χ4n) is 4.41. The minimum atomic E-state index is -0.540. The highest BCUT2D eigenvalue weighted by atomic mass is 16.5. The first-order valence-corrected chi connectivity index (χ1v) is 11.5. The van der Waals surface area contributed by atoms with Crippen molar-refractivity contribution in [2.45, 2.75) is 25.9 Å². The van der Waals surface area contributed by atoms with E-state index in [2.05, 4.69) is 34.1 Å². The molecule has 0 aliphatic carbocycles. The Labute approximate surface area is 190 Å². The van der Waals surface area contributed by atoms with Crippen LogP contribution in [0.5, 0.6) is 5.75 Å². The summed E-state index contributed by atoms with van der Waals surface area (Å²) in [5.74, 6) is 0.907. The number of β-amino-alcohol motifs (C(OH)–C–C–N with tert-alkyl or cyclic N) is 1. The summed E-state index contributed by atoms with van der Waals surface area (Å²) in [5.41, 5.74) is 3.34. The molecule has 0 radical (unpaired) electrons. The molecule has 1 saturated heterocycles. The third-order valence-electron chi connectivity index (χ3n) is 6.18. The van der Waals surface area contributed by atoms with Crippen LogP contribution < -0.4 is 14.5 Å². The van der Waals surface area contributed by atoms with E-state index in [4.69, 9.17) is 4.74 Å². The number of hydrogen-bond donors (Lipinski definition) is 1. The lowest BCUT2D eigenvalue weighted by Gasteiger charge is -2.36. The van der Waals surface area contributed by atoms with Crippen molar-refractivity contribution < 1.29 is 14.6 Å². The standard InChI is InChI=1S/C26H33N3O3/c1-2-3-13-29-25-11-10-24(18-21(25)9-12-26(29)31)32-20-23(30)19-27-14-16-28(17-15-27)22-7-5-4-6-8-22/h2-8,10-11,18,23,30H,9,12-17,19-20H2,1H3. The molecular formula is C26H33N3O3. The van der Waals surface area contributed by atoms with Crippen molar-refractivity contribution in [2.24, 2.45) is 0 Å². The van der Waals surface area contributed by atoms with Crippen LogP contribution in [-0.4, -0.2) is 67.9 Å². The van der Waals surface area contributed by atoms with Crippen LogP contribution in [0.3, 0.4) is 0 Å². The monoisotopic (exact) mass is 435 g/mol. The first-order chi connectivity index (χ1) is 15.6. The van der Waals surface area contributed by atoms with E-state index < -0.39 is 6.10 Å². The Bertz CT molecular complexity index is 923. The highest BCUT2D eigenvalue weighted by Crippen LogP contribution is 2.31. The van der Waals surface area contributed by atoms with Crippen LogP contribution in [0.2, 0.25) is 0 Å². The molecule has 1 unspecified atom stereocenters. The van der Waals surface area contributed by atoms with E-state index in [1.807, 2.05) is 48.2 Å². The minimum absolute atomic E-state index is 0.159. The van der Waals surface area contributed by atoms with E-state index in [9.17, 15) is 9.90 Å². The number of hydrogen-bond acceptors (Lipinski definition) is 5. The number of benzene rings is 2. The van der Waals surface area contributed by atoms with Crippen LogP contribution >= 0.6 is 0 Å². The van der Waals surface area contributed by atoms with Gasteiger partial charge in [-0.1, -0.05) is 30.4 Å². The predicted octanol–water partition coefficient (Wildman–Crippen LogP) is 3.10. The van der Waals surface area contributed by atoms with Gasteiger partial charge in [-0.15, -0.1) is 0 Å². The van der Waals surface area contributed by atoms with Gasteiger partial charge in [-0.2, -0.15) is 0 Å². The maximum atomic E-state index is 12.3. The molecule has 0 bridgehead atoms. The number of ether oxygens (including phenoxy) is 1. The number of rotatable bonds is 8. The number of para-hydroxylation sites is 1. The average molecular weight is 436 g/mol. The molecule has 0 saturated carbocycles. The van der Waals surface area contributed by atoms with Crippen molar-refractivity contribution in [2.75, 3.05) is 55.7 Å². The molecular weight excluding hydrogens is 402 g/mol. The summed E-state index contributed by atoms with van der Waals surface area (Å²) in [6.45, 7) is 7.22. The SMILES string of the molecule is CC=CCN1C(=O)CCc2cc(OCC(O)CN3CCN(c4ccccc4)CC3)ccc21.